The number of H-pyrrole nitrogens is 1. The number of carbonyl (C=O) groups is 2. The molecule has 0 bridgehead atoms. The summed E-state index contributed by atoms with van der Waals surface area (Å²) >= 11 is 6.15. The van der Waals surface area contributed by atoms with Gasteiger partial charge in [0.05, 0.1) is 16.3 Å². The molecule has 2 heterocycles. The molecule has 0 saturated carbocycles. The van der Waals surface area contributed by atoms with Crippen molar-refractivity contribution in [3.63, 3.8) is 0 Å². The topological polar surface area (TPSA) is 88.8 Å². The molecule has 0 spiro atoms. The Morgan fingerprint density at radius 1 is 0.950 bits per heavy atom. The zero-order valence-corrected chi connectivity index (χ0v) is 21.8. The maximum Gasteiger partial charge on any atom is 0.250 e. The standard InChI is InChI=1S/C31H23ClF3N3O2/c32-28-5-3-18(13-27(28)31(36)40)25-2-1-7-37-30(25)19(8-17-9-22(34)14-23(35)10-17)11-24(39)12-20-16-38-29-6-4-21(33)15-26(20)29/h1-7,9-10,13-16,19,38H,8,11-12H2,(H2,36,40)/t19-/m1/s1. The van der Waals surface area contributed by atoms with E-state index in [2.05, 4.69) is 9.97 Å². The maximum absolute atomic E-state index is 14.1. The summed E-state index contributed by atoms with van der Waals surface area (Å²) in [5, 5.41) is 0.801. The summed E-state index contributed by atoms with van der Waals surface area (Å²) in [6, 6.07) is 15.8. The second-order valence-corrected chi connectivity index (χ2v) is 10.0. The predicted octanol–water partition coefficient (Wildman–Crippen LogP) is 6.93. The van der Waals surface area contributed by atoms with Crippen LogP contribution in [0.5, 0.6) is 0 Å². The number of rotatable bonds is 9. The lowest BCUT2D eigenvalue weighted by molar-refractivity contribution is -0.118. The average molecular weight is 562 g/mol. The molecule has 0 fully saturated rings. The number of Topliss-reactive ketones (excluding diaryl/α,β-unsaturated/α-hetero) is 1. The van der Waals surface area contributed by atoms with Crippen LogP contribution >= 0.6 is 11.6 Å². The predicted molar refractivity (Wildman–Crippen MR) is 148 cm³/mol. The van der Waals surface area contributed by atoms with Crippen molar-refractivity contribution in [1.29, 1.82) is 0 Å². The normalized spacial score (nSPS) is 12.0. The van der Waals surface area contributed by atoms with Gasteiger partial charge in [0.1, 0.15) is 23.2 Å². The first-order valence-electron chi connectivity index (χ1n) is 12.4. The number of carbonyl (C=O) groups excluding carboxylic acids is 2. The van der Waals surface area contributed by atoms with E-state index in [-0.39, 0.29) is 35.6 Å². The first kappa shape index (κ1) is 27.1. The minimum Gasteiger partial charge on any atom is -0.366 e. The molecule has 5 nitrogen and oxygen atoms in total. The Balaban J connectivity index is 1.53. The monoisotopic (exact) mass is 561 g/mol. The molecule has 2 aromatic heterocycles. The molecule has 5 rings (SSSR count). The summed E-state index contributed by atoms with van der Waals surface area (Å²) in [6.07, 6.45) is 3.36. The van der Waals surface area contributed by atoms with Crippen LogP contribution < -0.4 is 5.73 Å². The number of hydrogen-bond acceptors (Lipinski definition) is 3. The van der Waals surface area contributed by atoms with Crippen molar-refractivity contribution < 1.29 is 22.8 Å². The van der Waals surface area contributed by atoms with Crippen molar-refractivity contribution in [3.8, 4) is 11.1 Å². The molecular formula is C31H23ClF3N3O2. The number of halogens is 4. The first-order chi connectivity index (χ1) is 19.2. The van der Waals surface area contributed by atoms with E-state index in [4.69, 9.17) is 17.3 Å². The van der Waals surface area contributed by atoms with Crippen LogP contribution in [0.2, 0.25) is 5.02 Å². The van der Waals surface area contributed by atoms with E-state index >= 15 is 0 Å². The number of hydrogen-bond donors (Lipinski definition) is 2. The third-order valence-corrected chi connectivity index (χ3v) is 7.09. The van der Waals surface area contributed by atoms with E-state index in [1.165, 1.54) is 24.3 Å². The van der Waals surface area contributed by atoms with E-state index in [9.17, 15) is 22.8 Å². The summed E-state index contributed by atoms with van der Waals surface area (Å²) in [6.45, 7) is 0. The molecule has 0 saturated heterocycles. The Morgan fingerprint density at radius 2 is 1.73 bits per heavy atom. The largest absolute Gasteiger partial charge is 0.366 e. The Kier molecular flexibility index (Phi) is 7.71. The highest BCUT2D eigenvalue weighted by Crippen LogP contribution is 2.34. The van der Waals surface area contributed by atoms with Gasteiger partial charge >= 0.3 is 0 Å². The van der Waals surface area contributed by atoms with E-state index in [1.807, 2.05) is 0 Å². The number of pyridine rings is 1. The highest BCUT2D eigenvalue weighted by Gasteiger charge is 2.24. The lowest BCUT2D eigenvalue weighted by Gasteiger charge is -2.20. The quantitative estimate of drug-likeness (QED) is 0.204. The SMILES string of the molecule is NC(=O)c1cc(-c2cccnc2[C@@H](CC(=O)Cc2c[nH]c3ccc(F)cc23)Cc2cc(F)cc(F)c2)ccc1Cl. The van der Waals surface area contributed by atoms with Gasteiger partial charge in [-0.25, -0.2) is 13.2 Å². The zero-order valence-electron chi connectivity index (χ0n) is 21.1. The molecular weight excluding hydrogens is 539 g/mol. The van der Waals surface area contributed by atoms with E-state index in [1.54, 1.807) is 48.8 Å². The number of aromatic amines is 1. The second kappa shape index (κ2) is 11.4. The first-order valence-corrected chi connectivity index (χ1v) is 12.8. The number of aromatic nitrogens is 2. The van der Waals surface area contributed by atoms with Crippen molar-refractivity contribution in [3.05, 3.63) is 124 Å². The molecule has 0 radical (unpaired) electrons. The average Bonchev–Trinajstić information content (AvgIpc) is 3.29. The van der Waals surface area contributed by atoms with Crippen LogP contribution in [0.25, 0.3) is 22.0 Å². The van der Waals surface area contributed by atoms with Crippen LogP contribution in [0.15, 0.2) is 79.1 Å². The van der Waals surface area contributed by atoms with Crippen LogP contribution in [0.1, 0.15) is 39.5 Å². The molecule has 40 heavy (non-hydrogen) atoms. The van der Waals surface area contributed by atoms with Gasteiger partial charge in [-0.05, 0) is 71.6 Å². The van der Waals surface area contributed by atoms with Crippen LogP contribution in [-0.2, 0) is 17.6 Å². The van der Waals surface area contributed by atoms with Crippen LogP contribution in [0.3, 0.4) is 0 Å². The molecule has 202 valence electrons. The van der Waals surface area contributed by atoms with Crippen molar-refractivity contribution in [1.82, 2.24) is 9.97 Å². The highest BCUT2D eigenvalue weighted by molar-refractivity contribution is 6.33. The van der Waals surface area contributed by atoms with Gasteiger partial charge in [-0.15, -0.1) is 0 Å². The van der Waals surface area contributed by atoms with Crippen LogP contribution in [-0.4, -0.2) is 21.7 Å². The Morgan fingerprint density at radius 3 is 2.48 bits per heavy atom. The summed E-state index contributed by atoms with van der Waals surface area (Å²) in [5.74, 6) is -3.33. The summed E-state index contributed by atoms with van der Waals surface area (Å²) < 4.78 is 42.0. The Hall–Kier alpha value is -4.43. The third-order valence-electron chi connectivity index (χ3n) is 6.76. The lowest BCUT2D eigenvalue weighted by atomic mass is 9.85. The van der Waals surface area contributed by atoms with Gasteiger partial charge in [-0.2, -0.15) is 0 Å². The van der Waals surface area contributed by atoms with Crippen LogP contribution in [0, 0.1) is 17.5 Å². The number of primary amides is 1. The zero-order chi connectivity index (χ0) is 28.4. The van der Waals surface area contributed by atoms with Crippen molar-refractivity contribution in [2.24, 2.45) is 5.73 Å². The summed E-state index contributed by atoms with van der Waals surface area (Å²) in [4.78, 5) is 32.9. The smallest absolute Gasteiger partial charge is 0.250 e. The molecule has 1 amide bonds. The van der Waals surface area contributed by atoms with Gasteiger partial charge in [0.15, 0.2) is 0 Å². The van der Waals surface area contributed by atoms with Gasteiger partial charge in [-0.1, -0.05) is 23.7 Å². The summed E-state index contributed by atoms with van der Waals surface area (Å²) in [5.41, 5.74) is 9.03. The minimum atomic E-state index is -0.731. The number of nitrogens with one attached hydrogen (secondary N) is 1. The number of nitrogens with zero attached hydrogens (tertiary/aromatic N) is 1. The van der Waals surface area contributed by atoms with E-state index in [0.717, 1.165) is 6.07 Å². The molecule has 3 N–H and O–H groups in total. The van der Waals surface area contributed by atoms with Gasteiger partial charge < -0.3 is 10.7 Å². The molecule has 0 aliphatic rings. The number of benzene rings is 3. The number of fused-ring (bicyclic) bond motifs is 1. The van der Waals surface area contributed by atoms with Gasteiger partial charge in [0.25, 0.3) is 0 Å². The second-order valence-electron chi connectivity index (χ2n) is 9.60. The van der Waals surface area contributed by atoms with Crippen molar-refractivity contribution >= 4 is 34.2 Å². The number of ketones is 1. The molecule has 3 aromatic carbocycles. The molecule has 0 aliphatic heterocycles. The molecule has 1 atom stereocenters. The van der Waals surface area contributed by atoms with E-state index < -0.39 is 29.3 Å². The summed E-state index contributed by atoms with van der Waals surface area (Å²) in [7, 11) is 0. The fraction of sp³-hybridized carbons (Fsp3) is 0.129. The fourth-order valence-electron chi connectivity index (χ4n) is 5.00. The van der Waals surface area contributed by atoms with Crippen molar-refractivity contribution in [2.75, 3.05) is 0 Å². The lowest BCUT2D eigenvalue weighted by Crippen LogP contribution is -2.15. The van der Waals surface area contributed by atoms with Gasteiger partial charge in [0, 0.05) is 53.7 Å². The number of amides is 1. The minimum absolute atomic E-state index is 0.0135. The van der Waals surface area contributed by atoms with Gasteiger partial charge in [0.2, 0.25) is 5.91 Å². The fourth-order valence-corrected chi connectivity index (χ4v) is 5.21. The molecule has 9 heteroatoms. The Bertz CT molecular complexity index is 1730. The third kappa shape index (κ3) is 5.92. The molecule has 5 aromatic rings. The highest BCUT2D eigenvalue weighted by atomic mass is 35.5. The Labute approximate surface area is 232 Å². The van der Waals surface area contributed by atoms with Crippen LogP contribution in [0.4, 0.5) is 13.2 Å². The van der Waals surface area contributed by atoms with Crippen molar-refractivity contribution in [2.45, 2.75) is 25.2 Å². The number of nitrogens with two attached hydrogens (primary N) is 1. The molecule has 0 unspecified atom stereocenters. The van der Waals surface area contributed by atoms with E-state index in [0.29, 0.717) is 38.9 Å². The molecule has 0 aliphatic carbocycles. The van der Waals surface area contributed by atoms with Gasteiger partial charge in [-0.3, -0.25) is 14.6 Å². The maximum atomic E-state index is 14.1.